The predicted molar refractivity (Wildman–Crippen MR) is 79.3 cm³/mol. The zero-order valence-electron chi connectivity index (χ0n) is 12.6. The van der Waals surface area contributed by atoms with Gasteiger partial charge in [0.15, 0.2) is 0 Å². The van der Waals surface area contributed by atoms with Gasteiger partial charge in [-0.2, -0.15) is 5.10 Å². The van der Waals surface area contributed by atoms with E-state index in [-0.39, 0.29) is 11.5 Å². The molecule has 0 saturated carbocycles. The van der Waals surface area contributed by atoms with Crippen molar-refractivity contribution in [1.82, 2.24) is 9.78 Å². The van der Waals surface area contributed by atoms with Crippen molar-refractivity contribution in [1.29, 1.82) is 0 Å². The Morgan fingerprint density at radius 3 is 2.63 bits per heavy atom. The van der Waals surface area contributed by atoms with E-state index in [1.54, 1.807) is 13.3 Å². The molecule has 0 aliphatic rings. The third kappa shape index (κ3) is 4.48. The van der Waals surface area contributed by atoms with Crippen LogP contribution in [0.25, 0.3) is 0 Å². The molecular weight excluding hydrogens is 262 g/mol. The Kier molecular flexibility index (Phi) is 5.83. The predicted octanol–water partition coefficient (Wildman–Crippen LogP) is 3.26. The van der Waals surface area contributed by atoms with E-state index < -0.39 is 0 Å². The lowest BCUT2D eigenvalue weighted by Gasteiger charge is -2.29. The van der Waals surface area contributed by atoms with Crippen molar-refractivity contribution in [3.8, 4) is 0 Å². The fourth-order valence-corrected chi connectivity index (χ4v) is 2.22. The first kappa shape index (κ1) is 16.5. The van der Waals surface area contributed by atoms with Crippen LogP contribution in [-0.2, 0) is 11.3 Å². The van der Waals surface area contributed by atoms with Crippen molar-refractivity contribution in [2.45, 2.75) is 46.7 Å². The summed E-state index contributed by atoms with van der Waals surface area (Å²) >= 11 is 6.21. The number of nitrogens with zero attached hydrogens (tertiary/aromatic N) is 2. The lowest BCUT2D eigenvalue weighted by atomic mass is 9.78. The topological polar surface area (TPSA) is 53.1 Å². The van der Waals surface area contributed by atoms with E-state index in [4.69, 9.17) is 22.1 Å². The summed E-state index contributed by atoms with van der Waals surface area (Å²) in [5, 5.41) is 4.91. The van der Waals surface area contributed by atoms with Crippen LogP contribution in [0.15, 0.2) is 6.20 Å². The van der Waals surface area contributed by atoms with Crippen molar-refractivity contribution in [2.75, 3.05) is 13.7 Å². The maximum Gasteiger partial charge on any atom is 0.0834 e. The molecule has 1 aromatic rings. The Hall–Kier alpha value is -0.580. The van der Waals surface area contributed by atoms with Gasteiger partial charge in [-0.1, -0.05) is 39.3 Å². The first-order valence-electron chi connectivity index (χ1n) is 6.73. The summed E-state index contributed by atoms with van der Waals surface area (Å²) in [4.78, 5) is 0. The molecule has 2 unspecified atom stereocenters. The second-order valence-electron chi connectivity index (χ2n) is 6.20. The summed E-state index contributed by atoms with van der Waals surface area (Å²) in [6.07, 6.45) is 2.55. The van der Waals surface area contributed by atoms with E-state index in [1.807, 2.05) is 4.68 Å². The largest absolute Gasteiger partial charge is 0.383 e. The SMILES string of the molecule is COCCn1ncc(Cl)c1C(N)CC(C)C(C)(C)C. The molecule has 1 rings (SSSR count). The third-order valence-electron chi connectivity index (χ3n) is 3.78. The Labute approximate surface area is 121 Å². The molecule has 0 aliphatic carbocycles. The standard InChI is InChI=1S/C14H26ClN3O/c1-10(14(2,3)4)8-12(16)13-11(15)9-17-18(13)6-7-19-5/h9-10,12H,6-8,16H2,1-5H3. The molecule has 5 heteroatoms. The van der Waals surface area contributed by atoms with Gasteiger partial charge in [0.25, 0.3) is 0 Å². The minimum Gasteiger partial charge on any atom is -0.383 e. The number of methoxy groups -OCH3 is 1. The van der Waals surface area contributed by atoms with Crippen LogP contribution >= 0.6 is 11.6 Å². The summed E-state index contributed by atoms with van der Waals surface area (Å²) in [7, 11) is 1.67. The minimum absolute atomic E-state index is 0.0962. The molecule has 0 fully saturated rings. The molecule has 0 bridgehead atoms. The molecule has 0 aliphatic heterocycles. The molecule has 2 N–H and O–H groups in total. The van der Waals surface area contributed by atoms with Crippen LogP contribution in [0.2, 0.25) is 5.02 Å². The number of rotatable bonds is 6. The van der Waals surface area contributed by atoms with Crippen molar-refractivity contribution < 1.29 is 4.74 Å². The number of nitrogens with two attached hydrogens (primary N) is 1. The van der Waals surface area contributed by atoms with Gasteiger partial charge in [0.1, 0.15) is 0 Å². The quantitative estimate of drug-likeness (QED) is 0.874. The number of aromatic nitrogens is 2. The van der Waals surface area contributed by atoms with Crippen molar-refractivity contribution >= 4 is 11.6 Å². The molecular formula is C14H26ClN3O. The van der Waals surface area contributed by atoms with Gasteiger partial charge >= 0.3 is 0 Å². The average Bonchev–Trinajstić information content (AvgIpc) is 2.66. The van der Waals surface area contributed by atoms with Crippen molar-refractivity contribution in [3.05, 3.63) is 16.9 Å². The van der Waals surface area contributed by atoms with Gasteiger partial charge in [-0.05, 0) is 17.8 Å². The first-order valence-corrected chi connectivity index (χ1v) is 7.11. The van der Waals surface area contributed by atoms with Crippen LogP contribution in [0, 0.1) is 11.3 Å². The highest BCUT2D eigenvalue weighted by Crippen LogP contribution is 2.34. The minimum atomic E-state index is -0.0962. The summed E-state index contributed by atoms with van der Waals surface area (Å²) in [5.74, 6) is 0.504. The van der Waals surface area contributed by atoms with E-state index in [2.05, 4.69) is 32.8 Å². The molecule has 110 valence electrons. The number of hydrogen-bond acceptors (Lipinski definition) is 3. The van der Waals surface area contributed by atoms with Gasteiger partial charge in [0, 0.05) is 13.2 Å². The van der Waals surface area contributed by atoms with Gasteiger partial charge in [0.05, 0.1) is 30.1 Å². The van der Waals surface area contributed by atoms with E-state index in [0.717, 1.165) is 12.1 Å². The number of ether oxygens (including phenoxy) is 1. The first-order chi connectivity index (χ1) is 8.77. The Morgan fingerprint density at radius 1 is 1.47 bits per heavy atom. The lowest BCUT2D eigenvalue weighted by molar-refractivity contribution is 0.180. The zero-order valence-corrected chi connectivity index (χ0v) is 13.4. The van der Waals surface area contributed by atoms with E-state index in [0.29, 0.717) is 24.1 Å². The van der Waals surface area contributed by atoms with Gasteiger partial charge in [-0.15, -0.1) is 0 Å². The molecule has 0 saturated heterocycles. The van der Waals surface area contributed by atoms with Gasteiger partial charge in [0.2, 0.25) is 0 Å². The zero-order chi connectivity index (χ0) is 14.6. The molecule has 1 heterocycles. The molecule has 0 aromatic carbocycles. The fourth-order valence-electron chi connectivity index (χ4n) is 1.94. The van der Waals surface area contributed by atoms with Gasteiger partial charge in [-0.3, -0.25) is 4.68 Å². The van der Waals surface area contributed by atoms with Crippen LogP contribution in [0.5, 0.6) is 0 Å². The highest BCUT2D eigenvalue weighted by molar-refractivity contribution is 6.31. The maximum atomic E-state index is 6.32. The van der Waals surface area contributed by atoms with E-state index in [9.17, 15) is 0 Å². The number of halogens is 1. The van der Waals surface area contributed by atoms with Gasteiger partial charge in [-0.25, -0.2) is 0 Å². The molecule has 4 nitrogen and oxygen atoms in total. The Morgan fingerprint density at radius 2 is 2.11 bits per heavy atom. The lowest BCUT2D eigenvalue weighted by Crippen LogP contribution is -2.25. The maximum absolute atomic E-state index is 6.32. The summed E-state index contributed by atoms with van der Waals surface area (Å²) in [5.41, 5.74) is 7.47. The monoisotopic (exact) mass is 287 g/mol. The molecule has 0 amide bonds. The van der Waals surface area contributed by atoms with Crippen LogP contribution in [0.4, 0.5) is 0 Å². The highest BCUT2D eigenvalue weighted by Gasteiger charge is 2.25. The average molecular weight is 288 g/mol. The smallest absolute Gasteiger partial charge is 0.0834 e. The van der Waals surface area contributed by atoms with E-state index in [1.165, 1.54) is 0 Å². The number of hydrogen-bond donors (Lipinski definition) is 1. The van der Waals surface area contributed by atoms with Gasteiger partial charge < -0.3 is 10.5 Å². The Balaban J connectivity index is 2.81. The molecule has 0 radical (unpaired) electrons. The fraction of sp³-hybridized carbons (Fsp3) is 0.786. The Bertz CT molecular complexity index is 398. The van der Waals surface area contributed by atoms with Crippen molar-refractivity contribution in [3.63, 3.8) is 0 Å². The molecule has 2 atom stereocenters. The summed E-state index contributed by atoms with van der Waals surface area (Å²) in [6.45, 7) is 10.2. The second-order valence-corrected chi connectivity index (χ2v) is 6.61. The second kappa shape index (κ2) is 6.73. The van der Waals surface area contributed by atoms with Crippen LogP contribution in [0.3, 0.4) is 0 Å². The highest BCUT2D eigenvalue weighted by atomic mass is 35.5. The van der Waals surface area contributed by atoms with Crippen LogP contribution in [-0.4, -0.2) is 23.5 Å². The van der Waals surface area contributed by atoms with Crippen molar-refractivity contribution in [2.24, 2.45) is 17.1 Å². The molecule has 1 aromatic heterocycles. The summed E-state index contributed by atoms with van der Waals surface area (Å²) < 4.78 is 6.93. The summed E-state index contributed by atoms with van der Waals surface area (Å²) in [6, 6.07) is -0.0962. The van der Waals surface area contributed by atoms with Crippen LogP contribution in [0.1, 0.15) is 45.9 Å². The third-order valence-corrected chi connectivity index (χ3v) is 4.07. The molecule has 0 spiro atoms. The van der Waals surface area contributed by atoms with E-state index >= 15 is 0 Å². The normalized spacial score (nSPS) is 15.5. The molecule has 19 heavy (non-hydrogen) atoms. The van der Waals surface area contributed by atoms with Crippen LogP contribution < -0.4 is 5.73 Å².